The van der Waals surface area contributed by atoms with Crippen molar-refractivity contribution in [3.63, 3.8) is 0 Å². The third kappa shape index (κ3) is 4.01. The number of aromatic nitrogens is 5. The van der Waals surface area contributed by atoms with E-state index < -0.39 is 0 Å². The molecule has 1 amide bonds. The minimum Gasteiger partial charge on any atom is -0.342 e. The summed E-state index contributed by atoms with van der Waals surface area (Å²) in [7, 11) is 0. The topological polar surface area (TPSA) is 68.8 Å². The molecule has 24 heavy (non-hydrogen) atoms. The predicted octanol–water partition coefficient (Wildman–Crippen LogP) is 2.07. The second-order valence-electron chi connectivity index (χ2n) is 6.42. The predicted molar refractivity (Wildman–Crippen MR) is 90.3 cm³/mol. The molecular formula is C17H26N6O. The molecule has 3 heterocycles. The quantitative estimate of drug-likeness (QED) is 0.779. The molecule has 0 unspecified atom stereocenters. The average molecular weight is 330 g/mol. The van der Waals surface area contributed by atoms with Crippen molar-refractivity contribution in [3.05, 3.63) is 30.9 Å². The zero-order valence-corrected chi connectivity index (χ0v) is 14.3. The molecular weight excluding hydrogens is 304 g/mol. The van der Waals surface area contributed by atoms with Crippen LogP contribution in [-0.4, -0.2) is 48.2 Å². The Labute approximate surface area is 142 Å². The van der Waals surface area contributed by atoms with Crippen LogP contribution < -0.4 is 0 Å². The van der Waals surface area contributed by atoms with E-state index in [2.05, 4.69) is 32.8 Å². The Kier molecular flexibility index (Phi) is 5.61. The second-order valence-corrected chi connectivity index (χ2v) is 6.42. The smallest absolute Gasteiger partial charge is 0.224 e. The lowest BCUT2D eigenvalue weighted by atomic mass is 9.96. The highest BCUT2D eigenvalue weighted by Gasteiger charge is 2.27. The van der Waals surface area contributed by atoms with Crippen LogP contribution in [0, 0.1) is 0 Å². The van der Waals surface area contributed by atoms with Crippen LogP contribution >= 0.6 is 0 Å². The van der Waals surface area contributed by atoms with E-state index in [1.807, 2.05) is 11.1 Å². The summed E-state index contributed by atoms with van der Waals surface area (Å²) in [6.07, 6.45) is 12.1. The number of carbonyl (C=O) groups excluding carboxylic acids is 1. The van der Waals surface area contributed by atoms with Crippen LogP contribution in [-0.2, 0) is 17.9 Å². The maximum absolute atomic E-state index is 12.5. The van der Waals surface area contributed by atoms with Gasteiger partial charge in [-0.05, 0) is 19.3 Å². The molecule has 0 radical (unpaired) electrons. The number of aryl methyl sites for hydroxylation is 2. The van der Waals surface area contributed by atoms with E-state index in [1.54, 1.807) is 11.0 Å². The van der Waals surface area contributed by atoms with Crippen LogP contribution in [0.2, 0.25) is 0 Å². The molecule has 1 atom stereocenters. The van der Waals surface area contributed by atoms with E-state index in [4.69, 9.17) is 0 Å². The molecule has 0 spiro atoms. The summed E-state index contributed by atoms with van der Waals surface area (Å²) in [5.74, 6) is 1.68. The van der Waals surface area contributed by atoms with Gasteiger partial charge < -0.3 is 9.47 Å². The van der Waals surface area contributed by atoms with Crippen LogP contribution in [0.15, 0.2) is 25.0 Å². The normalized spacial score (nSPS) is 18.0. The van der Waals surface area contributed by atoms with E-state index in [0.29, 0.717) is 18.9 Å². The molecule has 1 fully saturated rings. The molecule has 0 N–H and O–H groups in total. The van der Waals surface area contributed by atoms with Gasteiger partial charge in [0.15, 0.2) is 0 Å². The van der Waals surface area contributed by atoms with Gasteiger partial charge >= 0.3 is 0 Å². The van der Waals surface area contributed by atoms with Gasteiger partial charge in [-0.15, -0.1) is 0 Å². The van der Waals surface area contributed by atoms with Crippen molar-refractivity contribution in [2.75, 3.05) is 13.1 Å². The molecule has 0 saturated carbocycles. The monoisotopic (exact) mass is 330 g/mol. The van der Waals surface area contributed by atoms with Crippen LogP contribution in [0.1, 0.15) is 50.8 Å². The van der Waals surface area contributed by atoms with Crippen LogP contribution in [0.5, 0.6) is 0 Å². The van der Waals surface area contributed by atoms with Gasteiger partial charge in [0.2, 0.25) is 5.91 Å². The van der Waals surface area contributed by atoms with Gasteiger partial charge in [0, 0.05) is 44.4 Å². The zero-order chi connectivity index (χ0) is 16.8. The summed E-state index contributed by atoms with van der Waals surface area (Å²) in [4.78, 5) is 23.0. The van der Waals surface area contributed by atoms with Gasteiger partial charge in [0.1, 0.15) is 18.5 Å². The standard InChI is InChI=1S/C17H26N6O/c1-2-3-8-21-11-7-19-17(21)15-5-4-9-22(12-15)16(24)6-10-23-14-18-13-20-23/h7,11,13-15H,2-6,8-10,12H2,1H3/t15-/m0/s1. The van der Waals surface area contributed by atoms with Crippen molar-refractivity contribution >= 4 is 5.91 Å². The molecule has 1 saturated heterocycles. The van der Waals surface area contributed by atoms with Gasteiger partial charge in [0.25, 0.3) is 0 Å². The fourth-order valence-electron chi connectivity index (χ4n) is 3.33. The zero-order valence-electron chi connectivity index (χ0n) is 14.3. The summed E-state index contributed by atoms with van der Waals surface area (Å²) in [6, 6.07) is 0. The number of nitrogens with zero attached hydrogens (tertiary/aromatic N) is 6. The molecule has 0 bridgehead atoms. The summed E-state index contributed by atoms with van der Waals surface area (Å²) in [5, 5.41) is 4.05. The van der Waals surface area contributed by atoms with Gasteiger partial charge in [-0.3, -0.25) is 9.48 Å². The average Bonchev–Trinajstić information content (AvgIpc) is 3.29. The number of amides is 1. The number of piperidine rings is 1. The Morgan fingerprint density at radius 2 is 2.29 bits per heavy atom. The molecule has 3 rings (SSSR count). The molecule has 2 aromatic heterocycles. The van der Waals surface area contributed by atoms with Gasteiger partial charge in [0.05, 0.1) is 6.54 Å². The lowest BCUT2D eigenvalue weighted by Gasteiger charge is -2.32. The summed E-state index contributed by atoms with van der Waals surface area (Å²) in [6.45, 7) is 5.43. The Morgan fingerprint density at radius 1 is 1.38 bits per heavy atom. The van der Waals surface area contributed by atoms with Crippen molar-refractivity contribution in [2.45, 2.75) is 58.0 Å². The third-order valence-electron chi connectivity index (χ3n) is 4.66. The first-order valence-electron chi connectivity index (χ1n) is 8.89. The van der Waals surface area contributed by atoms with Crippen LogP contribution in [0.4, 0.5) is 0 Å². The minimum absolute atomic E-state index is 0.196. The molecule has 7 nitrogen and oxygen atoms in total. The fourth-order valence-corrected chi connectivity index (χ4v) is 3.33. The lowest BCUT2D eigenvalue weighted by molar-refractivity contribution is -0.132. The van der Waals surface area contributed by atoms with E-state index in [9.17, 15) is 4.79 Å². The van der Waals surface area contributed by atoms with Gasteiger partial charge in [-0.25, -0.2) is 9.97 Å². The maximum Gasteiger partial charge on any atom is 0.224 e. The summed E-state index contributed by atoms with van der Waals surface area (Å²) in [5.41, 5.74) is 0. The minimum atomic E-state index is 0.196. The second kappa shape index (κ2) is 8.08. The number of hydrogen-bond donors (Lipinski definition) is 0. The largest absolute Gasteiger partial charge is 0.342 e. The van der Waals surface area contributed by atoms with Crippen LogP contribution in [0.3, 0.4) is 0 Å². The first-order chi connectivity index (χ1) is 11.8. The maximum atomic E-state index is 12.5. The highest BCUT2D eigenvalue weighted by molar-refractivity contribution is 5.76. The van der Waals surface area contributed by atoms with Crippen molar-refractivity contribution in [1.29, 1.82) is 0 Å². The molecule has 1 aliphatic rings. The fraction of sp³-hybridized carbons (Fsp3) is 0.647. The molecule has 1 aliphatic heterocycles. The number of rotatable bonds is 7. The van der Waals surface area contributed by atoms with E-state index in [-0.39, 0.29) is 5.91 Å². The number of imidazole rings is 1. The molecule has 7 heteroatoms. The van der Waals surface area contributed by atoms with Crippen LogP contribution in [0.25, 0.3) is 0 Å². The molecule has 0 aromatic carbocycles. The highest BCUT2D eigenvalue weighted by atomic mass is 16.2. The Balaban J connectivity index is 1.57. The third-order valence-corrected chi connectivity index (χ3v) is 4.66. The molecule has 130 valence electrons. The van der Waals surface area contributed by atoms with Crippen molar-refractivity contribution < 1.29 is 4.79 Å². The Hall–Kier alpha value is -2.18. The highest BCUT2D eigenvalue weighted by Crippen LogP contribution is 2.26. The lowest BCUT2D eigenvalue weighted by Crippen LogP contribution is -2.40. The first-order valence-corrected chi connectivity index (χ1v) is 8.89. The van der Waals surface area contributed by atoms with Crippen molar-refractivity contribution in [1.82, 2.24) is 29.2 Å². The van der Waals surface area contributed by atoms with Gasteiger partial charge in [-0.1, -0.05) is 13.3 Å². The van der Waals surface area contributed by atoms with E-state index >= 15 is 0 Å². The molecule has 2 aromatic rings. The SMILES string of the molecule is CCCCn1ccnc1[C@H]1CCCN(C(=O)CCn2cncn2)C1. The van der Waals surface area contributed by atoms with Crippen molar-refractivity contribution in [2.24, 2.45) is 0 Å². The summed E-state index contributed by atoms with van der Waals surface area (Å²) >= 11 is 0. The number of unbranched alkanes of at least 4 members (excludes halogenated alkanes) is 1. The Morgan fingerprint density at radius 3 is 3.08 bits per heavy atom. The number of carbonyl (C=O) groups is 1. The Bertz CT molecular complexity index is 635. The summed E-state index contributed by atoms with van der Waals surface area (Å²) < 4.78 is 3.97. The first kappa shape index (κ1) is 16.7. The molecule has 0 aliphatic carbocycles. The van der Waals surface area contributed by atoms with E-state index in [0.717, 1.165) is 44.7 Å². The number of hydrogen-bond acceptors (Lipinski definition) is 4. The van der Waals surface area contributed by atoms with E-state index in [1.165, 1.54) is 12.7 Å². The van der Waals surface area contributed by atoms with Crippen molar-refractivity contribution in [3.8, 4) is 0 Å². The van der Waals surface area contributed by atoms with Gasteiger partial charge in [-0.2, -0.15) is 5.10 Å². The number of likely N-dealkylation sites (tertiary alicyclic amines) is 1.